The summed E-state index contributed by atoms with van der Waals surface area (Å²) in [5, 5.41) is 17.6. The zero-order valence-electron chi connectivity index (χ0n) is 15.0. The summed E-state index contributed by atoms with van der Waals surface area (Å²) in [6, 6.07) is 3.80. The summed E-state index contributed by atoms with van der Waals surface area (Å²) in [7, 11) is 0. The lowest BCUT2D eigenvalue weighted by Gasteiger charge is -2.39. The Bertz CT molecular complexity index is 777. The molecule has 4 heterocycles. The van der Waals surface area contributed by atoms with Crippen LogP contribution >= 0.6 is 0 Å². The van der Waals surface area contributed by atoms with Crippen LogP contribution in [-0.2, 0) is 0 Å². The number of aliphatic hydroxyl groups excluding tert-OH is 1. The number of hydrogen-bond acceptors (Lipinski definition) is 6. The average Bonchev–Trinajstić information content (AvgIpc) is 3.11. The molecule has 4 rings (SSSR count). The van der Waals surface area contributed by atoms with Crippen molar-refractivity contribution in [3.05, 3.63) is 35.8 Å². The summed E-state index contributed by atoms with van der Waals surface area (Å²) in [6.45, 7) is 4.77. The lowest BCUT2D eigenvalue weighted by atomic mass is 10.1. The minimum atomic E-state index is -0.635. The van der Waals surface area contributed by atoms with Crippen molar-refractivity contribution in [3.63, 3.8) is 0 Å². The number of likely N-dealkylation sites (tertiary alicyclic amines) is 1. The second kappa shape index (κ2) is 7.03. The largest absolute Gasteiger partial charge is 0.387 e. The Morgan fingerprint density at radius 2 is 2.04 bits per heavy atom. The van der Waals surface area contributed by atoms with E-state index in [0.717, 1.165) is 31.7 Å². The fourth-order valence-corrected chi connectivity index (χ4v) is 3.54. The second-order valence-corrected chi connectivity index (χ2v) is 7.09. The van der Waals surface area contributed by atoms with Gasteiger partial charge in [0.2, 0.25) is 0 Å². The Morgan fingerprint density at radius 1 is 1.27 bits per heavy atom. The van der Waals surface area contributed by atoms with E-state index in [1.807, 2.05) is 17.0 Å². The number of pyridine rings is 1. The van der Waals surface area contributed by atoms with Gasteiger partial charge in [-0.25, -0.2) is 9.67 Å². The van der Waals surface area contributed by atoms with Gasteiger partial charge in [0.05, 0.1) is 23.9 Å². The number of hydrogen-bond donors (Lipinski definition) is 1. The maximum atomic E-state index is 13.0. The number of carbonyl (C=O) groups excluding carboxylic acids is 1. The maximum Gasteiger partial charge on any atom is 0.257 e. The molecule has 1 N–H and O–H groups in total. The molecule has 26 heavy (non-hydrogen) atoms. The predicted octanol–water partition coefficient (Wildman–Crippen LogP) is 1.41. The van der Waals surface area contributed by atoms with Crippen LogP contribution in [0.1, 0.15) is 54.4 Å². The molecule has 2 fully saturated rings. The lowest BCUT2D eigenvalue weighted by molar-refractivity contribution is 0.0498. The third-order valence-electron chi connectivity index (χ3n) is 5.15. The predicted molar refractivity (Wildman–Crippen MR) is 95.9 cm³/mol. The third kappa shape index (κ3) is 3.16. The lowest BCUT2D eigenvalue weighted by Crippen LogP contribution is -2.51. The molecule has 1 unspecified atom stereocenters. The Hall–Kier alpha value is -2.48. The molecule has 2 aromatic heterocycles. The van der Waals surface area contributed by atoms with Crippen molar-refractivity contribution in [1.29, 1.82) is 0 Å². The highest BCUT2D eigenvalue weighted by Crippen LogP contribution is 2.27. The van der Waals surface area contributed by atoms with E-state index < -0.39 is 6.10 Å². The minimum Gasteiger partial charge on any atom is -0.387 e. The summed E-state index contributed by atoms with van der Waals surface area (Å²) in [5.41, 5.74) is 1.23. The summed E-state index contributed by atoms with van der Waals surface area (Å²) in [4.78, 5) is 21.5. The fraction of sp³-hybridized carbons (Fsp3) is 0.556. The number of aliphatic hydroxyl groups is 1. The van der Waals surface area contributed by atoms with Crippen LogP contribution in [0.3, 0.4) is 0 Å². The molecule has 2 aliphatic rings. The molecule has 2 saturated heterocycles. The van der Waals surface area contributed by atoms with Gasteiger partial charge in [-0.2, -0.15) is 0 Å². The highest BCUT2D eigenvalue weighted by molar-refractivity contribution is 5.99. The molecule has 138 valence electrons. The third-order valence-corrected chi connectivity index (χ3v) is 5.15. The van der Waals surface area contributed by atoms with Gasteiger partial charge in [0.1, 0.15) is 11.5 Å². The number of amides is 1. The van der Waals surface area contributed by atoms with Crippen molar-refractivity contribution >= 4 is 11.7 Å². The Morgan fingerprint density at radius 3 is 2.73 bits per heavy atom. The van der Waals surface area contributed by atoms with E-state index in [9.17, 15) is 9.90 Å². The van der Waals surface area contributed by atoms with Gasteiger partial charge in [-0.3, -0.25) is 4.79 Å². The topological polar surface area (TPSA) is 87.4 Å². The normalized spacial score (nSPS) is 19.3. The smallest absolute Gasteiger partial charge is 0.257 e. The van der Waals surface area contributed by atoms with Crippen LogP contribution in [0.25, 0.3) is 0 Å². The van der Waals surface area contributed by atoms with E-state index in [2.05, 4.69) is 20.2 Å². The first-order chi connectivity index (χ1) is 12.6. The molecule has 0 radical (unpaired) electrons. The highest BCUT2D eigenvalue weighted by atomic mass is 16.3. The second-order valence-electron chi connectivity index (χ2n) is 7.09. The van der Waals surface area contributed by atoms with Crippen LogP contribution in [-0.4, -0.2) is 62.1 Å². The van der Waals surface area contributed by atoms with Crippen LogP contribution in [0.5, 0.6) is 0 Å². The zero-order chi connectivity index (χ0) is 18.1. The van der Waals surface area contributed by atoms with Gasteiger partial charge in [-0.1, -0.05) is 5.21 Å². The van der Waals surface area contributed by atoms with Crippen molar-refractivity contribution in [2.24, 2.45) is 0 Å². The summed E-state index contributed by atoms with van der Waals surface area (Å²) < 4.78 is 1.74. The van der Waals surface area contributed by atoms with E-state index >= 15 is 0 Å². The van der Waals surface area contributed by atoms with E-state index in [-0.39, 0.29) is 11.9 Å². The number of carbonyl (C=O) groups is 1. The average molecular weight is 356 g/mol. The number of anilines is 1. The number of nitrogens with zero attached hydrogens (tertiary/aromatic N) is 6. The number of aromatic nitrogens is 4. The zero-order valence-corrected chi connectivity index (χ0v) is 15.0. The van der Waals surface area contributed by atoms with Crippen LogP contribution in [0.4, 0.5) is 5.82 Å². The minimum absolute atomic E-state index is 0.0192. The Kier molecular flexibility index (Phi) is 4.58. The fourth-order valence-electron chi connectivity index (χ4n) is 3.54. The first kappa shape index (κ1) is 17.0. The van der Waals surface area contributed by atoms with Gasteiger partial charge in [0.15, 0.2) is 0 Å². The molecule has 8 heteroatoms. The van der Waals surface area contributed by atoms with E-state index in [4.69, 9.17) is 0 Å². The van der Waals surface area contributed by atoms with Crippen molar-refractivity contribution in [3.8, 4) is 0 Å². The standard InChI is InChI=1S/C18H24N6O2/c1-13(25)16-12-24(21-20-16)14-10-23(11-14)18(26)15-6-5-7-19-17(15)22-8-3-2-4-9-22/h5-7,12-14,25H,2-4,8-11H2,1H3. The van der Waals surface area contributed by atoms with Gasteiger partial charge >= 0.3 is 0 Å². The first-order valence-corrected chi connectivity index (χ1v) is 9.22. The van der Waals surface area contributed by atoms with Crippen molar-refractivity contribution in [2.45, 2.75) is 38.3 Å². The van der Waals surface area contributed by atoms with Gasteiger partial charge < -0.3 is 14.9 Å². The van der Waals surface area contributed by atoms with Gasteiger partial charge in [-0.05, 0) is 38.3 Å². The van der Waals surface area contributed by atoms with Gasteiger partial charge in [0.25, 0.3) is 5.91 Å². The molecule has 2 aromatic rings. The van der Waals surface area contributed by atoms with Crippen LogP contribution in [0.2, 0.25) is 0 Å². The van der Waals surface area contributed by atoms with E-state index in [1.54, 1.807) is 24.0 Å². The van der Waals surface area contributed by atoms with E-state index in [1.165, 1.54) is 6.42 Å². The summed E-state index contributed by atoms with van der Waals surface area (Å²) >= 11 is 0. The highest BCUT2D eigenvalue weighted by Gasteiger charge is 2.35. The number of piperidine rings is 1. The van der Waals surface area contributed by atoms with Crippen molar-refractivity contribution in [1.82, 2.24) is 24.9 Å². The SMILES string of the molecule is CC(O)c1cn(C2CN(C(=O)c3cccnc3N3CCCCC3)C2)nn1. The first-order valence-electron chi connectivity index (χ1n) is 9.22. The summed E-state index contributed by atoms with van der Waals surface area (Å²) in [6.07, 6.45) is 6.41. The molecule has 8 nitrogen and oxygen atoms in total. The molecular weight excluding hydrogens is 332 g/mol. The van der Waals surface area contributed by atoms with Crippen molar-refractivity contribution in [2.75, 3.05) is 31.1 Å². The molecule has 0 bridgehead atoms. The molecule has 0 saturated carbocycles. The van der Waals surface area contributed by atoms with Crippen molar-refractivity contribution < 1.29 is 9.90 Å². The molecular formula is C18H24N6O2. The molecule has 0 aromatic carbocycles. The quantitative estimate of drug-likeness (QED) is 0.891. The number of rotatable bonds is 4. The monoisotopic (exact) mass is 356 g/mol. The van der Waals surface area contributed by atoms with Gasteiger partial charge in [0, 0.05) is 32.4 Å². The molecule has 2 aliphatic heterocycles. The molecule has 0 spiro atoms. The Labute approximate surface area is 152 Å². The molecule has 0 aliphatic carbocycles. The maximum absolute atomic E-state index is 13.0. The molecule has 1 amide bonds. The Balaban J connectivity index is 1.44. The molecule has 1 atom stereocenters. The summed E-state index contributed by atoms with van der Waals surface area (Å²) in [5.74, 6) is 0.823. The van der Waals surface area contributed by atoms with Crippen LogP contribution in [0, 0.1) is 0 Å². The van der Waals surface area contributed by atoms with Crippen LogP contribution < -0.4 is 4.90 Å². The van der Waals surface area contributed by atoms with Crippen LogP contribution in [0.15, 0.2) is 24.5 Å². The van der Waals surface area contributed by atoms with Gasteiger partial charge in [-0.15, -0.1) is 5.10 Å². The van der Waals surface area contributed by atoms with E-state index in [0.29, 0.717) is 24.3 Å².